The molecule has 2 N–H and O–H groups in total. The van der Waals surface area contributed by atoms with Crippen LogP contribution in [-0.2, 0) is 0 Å². The zero-order chi connectivity index (χ0) is 15.9. The van der Waals surface area contributed by atoms with E-state index in [0.29, 0.717) is 19.0 Å². The number of aliphatic hydroxyl groups excluding tert-OH is 1. The minimum atomic E-state index is -0.534. The van der Waals surface area contributed by atoms with Gasteiger partial charge in [0.05, 0.1) is 19.3 Å². The van der Waals surface area contributed by atoms with Crippen molar-refractivity contribution in [2.24, 2.45) is 0 Å². The molecular weight excluding hydrogens is 280 g/mol. The van der Waals surface area contributed by atoms with E-state index in [4.69, 9.17) is 9.47 Å². The molecule has 0 aliphatic carbocycles. The van der Waals surface area contributed by atoms with Crippen molar-refractivity contribution in [2.75, 3.05) is 39.4 Å². The van der Waals surface area contributed by atoms with Crippen molar-refractivity contribution in [1.82, 2.24) is 10.2 Å². The van der Waals surface area contributed by atoms with E-state index in [1.54, 1.807) is 0 Å². The van der Waals surface area contributed by atoms with Gasteiger partial charge in [0.25, 0.3) is 0 Å². The summed E-state index contributed by atoms with van der Waals surface area (Å²) in [6, 6.07) is 5.79. The minimum Gasteiger partial charge on any atom is -0.490 e. The molecule has 0 saturated carbocycles. The van der Waals surface area contributed by atoms with E-state index >= 15 is 0 Å². The number of nitrogens with zero attached hydrogens (tertiary/aromatic N) is 1. The summed E-state index contributed by atoms with van der Waals surface area (Å²) in [6.45, 7) is 11.0. The summed E-state index contributed by atoms with van der Waals surface area (Å²) in [5, 5.41) is 14.0. The lowest BCUT2D eigenvalue weighted by Crippen LogP contribution is -2.49. The fourth-order valence-corrected chi connectivity index (χ4v) is 2.82. The molecular formula is C17H28N2O3. The number of nitrogens with one attached hydrogen (secondary N) is 1. The van der Waals surface area contributed by atoms with Crippen molar-refractivity contribution >= 4 is 0 Å². The molecule has 2 rings (SSSR count). The van der Waals surface area contributed by atoms with E-state index in [1.165, 1.54) is 0 Å². The van der Waals surface area contributed by atoms with Gasteiger partial charge in [-0.25, -0.2) is 0 Å². The van der Waals surface area contributed by atoms with Crippen molar-refractivity contribution in [3.63, 3.8) is 0 Å². The Morgan fingerprint density at radius 3 is 2.41 bits per heavy atom. The molecule has 5 nitrogen and oxygen atoms in total. The largest absolute Gasteiger partial charge is 0.490 e. The third kappa shape index (κ3) is 4.12. The van der Waals surface area contributed by atoms with Gasteiger partial charge >= 0.3 is 0 Å². The van der Waals surface area contributed by atoms with Gasteiger partial charge < -0.3 is 19.9 Å². The second-order valence-corrected chi connectivity index (χ2v) is 5.54. The third-order valence-electron chi connectivity index (χ3n) is 4.09. The smallest absolute Gasteiger partial charge is 0.161 e. The van der Waals surface area contributed by atoms with Crippen molar-refractivity contribution in [3.05, 3.63) is 23.8 Å². The van der Waals surface area contributed by atoms with Gasteiger partial charge in [-0.3, -0.25) is 4.90 Å². The molecule has 124 valence electrons. The molecule has 2 unspecified atom stereocenters. The molecule has 1 aromatic carbocycles. The summed E-state index contributed by atoms with van der Waals surface area (Å²) >= 11 is 0. The molecule has 1 heterocycles. The minimum absolute atomic E-state index is 0.0783. The molecule has 22 heavy (non-hydrogen) atoms. The first-order valence-electron chi connectivity index (χ1n) is 8.19. The highest BCUT2D eigenvalue weighted by Crippen LogP contribution is 2.32. The van der Waals surface area contributed by atoms with Crippen LogP contribution >= 0.6 is 0 Å². The maximum absolute atomic E-state index is 10.7. The van der Waals surface area contributed by atoms with Crippen LogP contribution in [0.25, 0.3) is 0 Å². The van der Waals surface area contributed by atoms with Gasteiger partial charge in [0.2, 0.25) is 0 Å². The van der Waals surface area contributed by atoms with Gasteiger partial charge in [-0.05, 0) is 38.5 Å². The fraction of sp³-hybridized carbons (Fsp3) is 0.647. The summed E-state index contributed by atoms with van der Waals surface area (Å²) < 4.78 is 11.2. The quantitative estimate of drug-likeness (QED) is 0.804. The number of rotatable bonds is 7. The molecule has 0 bridgehead atoms. The molecule has 1 aliphatic heterocycles. The Balaban J connectivity index is 2.13. The van der Waals surface area contributed by atoms with Crippen molar-refractivity contribution in [2.45, 2.75) is 32.9 Å². The van der Waals surface area contributed by atoms with Crippen molar-refractivity contribution in [3.8, 4) is 11.5 Å². The average molecular weight is 308 g/mol. The second kappa shape index (κ2) is 8.36. The van der Waals surface area contributed by atoms with Crippen molar-refractivity contribution < 1.29 is 14.6 Å². The predicted molar refractivity (Wildman–Crippen MR) is 87.6 cm³/mol. The molecule has 0 amide bonds. The van der Waals surface area contributed by atoms with Gasteiger partial charge in [0.1, 0.15) is 0 Å². The van der Waals surface area contributed by atoms with E-state index < -0.39 is 6.10 Å². The standard InChI is InChI=1S/C17H28N2O3/c1-4-21-15-7-6-14(12-16(15)22-5-2)17(20)13(3)19-10-8-18-9-11-19/h6-7,12-13,17-18,20H,4-5,8-11H2,1-3H3. The van der Waals surface area contributed by atoms with Crippen molar-refractivity contribution in [1.29, 1.82) is 0 Å². The van der Waals surface area contributed by atoms with Crippen LogP contribution in [0.15, 0.2) is 18.2 Å². The van der Waals surface area contributed by atoms with E-state index in [1.807, 2.05) is 32.0 Å². The number of benzene rings is 1. The van der Waals surface area contributed by atoms with Crippen LogP contribution in [0.4, 0.5) is 0 Å². The summed E-state index contributed by atoms with van der Waals surface area (Å²) in [4.78, 5) is 2.32. The lowest BCUT2D eigenvalue weighted by atomic mass is 10.0. The molecule has 1 fully saturated rings. The summed E-state index contributed by atoms with van der Waals surface area (Å²) in [7, 11) is 0. The van der Waals surface area contributed by atoms with E-state index in [9.17, 15) is 5.11 Å². The van der Waals surface area contributed by atoms with Crippen LogP contribution in [0.5, 0.6) is 11.5 Å². The van der Waals surface area contributed by atoms with Crippen LogP contribution < -0.4 is 14.8 Å². The Hall–Kier alpha value is -1.30. The Bertz CT molecular complexity index is 461. The van der Waals surface area contributed by atoms with Gasteiger partial charge in [-0.15, -0.1) is 0 Å². The number of ether oxygens (including phenoxy) is 2. The molecule has 1 aromatic rings. The van der Waals surface area contributed by atoms with Gasteiger partial charge in [-0.1, -0.05) is 6.07 Å². The Labute approximate surface area is 133 Å². The summed E-state index contributed by atoms with van der Waals surface area (Å²) in [6.07, 6.45) is -0.534. The predicted octanol–water partition coefficient (Wildman–Crippen LogP) is 1.81. The summed E-state index contributed by atoms with van der Waals surface area (Å²) in [5.41, 5.74) is 0.873. The first-order valence-corrected chi connectivity index (χ1v) is 8.19. The van der Waals surface area contributed by atoms with Gasteiger partial charge in [0, 0.05) is 32.2 Å². The molecule has 1 aliphatic rings. The van der Waals surface area contributed by atoms with Gasteiger partial charge in [0.15, 0.2) is 11.5 Å². The van der Waals surface area contributed by atoms with E-state index in [2.05, 4.69) is 17.1 Å². The van der Waals surface area contributed by atoms with Crippen LogP contribution in [0.3, 0.4) is 0 Å². The number of piperazine rings is 1. The fourth-order valence-electron chi connectivity index (χ4n) is 2.82. The average Bonchev–Trinajstić information content (AvgIpc) is 2.56. The summed E-state index contributed by atoms with van der Waals surface area (Å²) in [5.74, 6) is 1.43. The van der Waals surface area contributed by atoms with Crippen LogP contribution in [0.1, 0.15) is 32.4 Å². The number of hydrogen-bond donors (Lipinski definition) is 2. The molecule has 0 radical (unpaired) electrons. The maximum atomic E-state index is 10.7. The lowest BCUT2D eigenvalue weighted by Gasteiger charge is -2.35. The molecule has 0 spiro atoms. The Morgan fingerprint density at radius 2 is 1.77 bits per heavy atom. The topological polar surface area (TPSA) is 54.0 Å². The second-order valence-electron chi connectivity index (χ2n) is 5.54. The normalized spacial score (nSPS) is 18.7. The Kier molecular flexibility index (Phi) is 6.49. The highest BCUT2D eigenvalue weighted by molar-refractivity contribution is 5.44. The van der Waals surface area contributed by atoms with E-state index in [-0.39, 0.29) is 6.04 Å². The highest BCUT2D eigenvalue weighted by Gasteiger charge is 2.25. The highest BCUT2D eigenvalue weighted by atomic mass is 16.5. The Morgan fingerprint density at radius 1 is 1.14 bits per heavy atom. The molecule has 0 aromatic heterocycles. The first-order chi connectivity index (χ1) is 10.7. The molecule has 5 heteroatoms. The monoisotopic (exact) mass is 308 g/mol. The van der Waals surface area contributed by atoms with Crippen LogP contribution in [0, 0.1) is 0 Å². The van der Waals surface area contributed by atoms with Gasteiger partial charge in [-0.2, -0.15) is 0 Å². The van der Waals surface area contributed by atoms with Crippen LogP contribution in [-0.4, -0.2) is 55.4 Å². The van der Waals surface area contributed by atoms with Crippen LogP contribution in [0.2, 0.25) is 0 Å². The first kappa shape index (κ1) is 17.1. The molecule has 1 saturated heterocycles. The zero-order valence-electron chi connectivity index (χ0n) is 13.8. The maximum Gasteiger partial charge on any atom is 0.161 e. The number of aliphatic hydroxyl groups is 1. The molecule has 2 atom stereocenters. The van der Waals surface area contributed by atoms with E-state index in [0.717, 1.165) is 37.5 Å². The SMILES string of the molecule is CCOc1ccc(C(O)C(C)N2CCNCC2)cc1OCC. The third-order valence-corrected chi connectivity index (χ3v) is 4.09. The zero-order valence-corrected chi connectivity index (χ0v) is 13.8. The number of hydrogen-bond acceptors (Lipinski definition) is 5. The lowest BCUT2D eigenvalue weighted by molar-refractivity contribution is 0.0508.